The molecule has 0 spiro atoms. The van der Waals surface area contributed by atoms with Crippen LogP contribution >= 0.6 is 11.3 Å². The highest BCUT2D eigenvalue weighted by Gasteiger charge is 2.23. The summed E-state index contributed by atoms with van der Waals surface area (Å²) in [6.07, 6.45) is 4.44. The van der Waals surface area contributed by atoms with Gasteiger partial charge in [-0.3, -0.25) is 4.79 Å². The number of nitrogen functional groups attached to an aromatic ring is 1. The van der Waals surface area contributed by atoms with E-state index >= 15 is 0 Å². The molecule has 1 aliphatic heterocycles. The van der Waals surface area contributed by atoms with Crippen LogP contribution in [0.2, 0.25) is 0 Å². The summed E-state index contributed by atoms with van der Waals surface area (Å²) in [5, 5.41) is 5.89. The van der Waals surface area contributed by atoms with Crippen molar-refractivity contribution in [2.75, 3.05) is 12.3 Å². The van der Waals surface area contributed by atoms with Crippen molar-refractivity contribution in [3.05, 3.63) is 51.6 Å². The van der Waals surface area contributed by atoms with Gasteiger partial charge >= 0.3 is 0 Å². The third kappa shape index (κ3) is 2.78. The first-order valence-corrected chi connectivity index (χ1v) is 11.4. The first kappa shape index (κ1) is 19.4. The molecule has 2 aromatic carbocycles. The molecule has 162 valence electrons. The smallest absolute Gasteiger partial charge is 0.272 e. The Hall–Kier alpha value is -3.30. The first-order chi connectivity index (χ1) is 15.5. The van der Waals surface area contributed by atoms with Crippen LogP contribution in [0.4, 0.5) is 10.1 Å². The number of hydrogen-bond acceptors (Lipinski definition) is 6. The number of fused-ring (bicyclic) bond motifs is 4. The topological polar surface area (TPSA) is 98.8 Å². The molecule has 3 aromatic heterocycles. The molecule has 1 saturated heterocycles. The van der Waals surface area contributed by atoms with E-state index in [1.165, 1.54) is 17.4 Å². The van der Waals surface area contributed by atoms with Gasteiger partial charge in [-0.15, -0.1) is 11.3 Å². The lowest BCUT2D eigenvalue weighted by Crippen LogP contribution is -2.18. The Bertz CT molecular complexity index is 1580. The maximum atomic E-state index is 14.8. The molecule has 1 unspecified atom stereocenters. The summed E-state index contributed by atoms with van der Waals surface area (Å²) >= 11 is 1.46. The molecule has 5 aromatic rings. The highest BCUT2D eigenvalue weighted by atomic mass is 32.1. The van der Waals surface area contributed by atoms with Gasteiger partial charge in [0.2, 0.25) is 0 Å². The number of H-pyrrole nitrogens is 1. The number of anilines is 1. The number of hydrogen-bond donors (Lipinski definition) is 2. The fourth-order valence-electron chi connectivity index (χ4n) is 4.62. The fraction of sp³-hybridized carbons (Fsp3) is 0.261. The lowest BCUT2D eigenvalue weighted by Gasteiger charge is -2.22. The molecule has 0 saturated carbocycles. The Morgan fingerprint density at radius 3 is 2.97 bits per heavy atom. The molecule has 1 fully saturated rings. The van der Waals surface area contributed by atoms with E-state index in [9.17, 15) is 9.18 Å². The fourth-order valence-corrected chi connectivity index (χ4v) is 5.49. The van der Waals surface area contributed by atoms with Crippen molar-refractivity contribution in [2.45, 2.75) is 32.4 Å². The van der Waals surface area contributed by atoms with E-state index < -0.39 is 5.82 Å². The van der Waals surface area contributed by atoms with E-state index in [0.29, 0.717) is 28.6 Å². The molecule has 32 heavy (non-hydrogen) atoms. The molecule has 7 nitrogen and oxygen atoms in total. The van der Waals surface area contributed by atoms with E-state index in [1.807, 2.05) is 13.0 Å². The molecule has 1 aliphatic rings. The number of nitrogens with one attached hydrogen (secondary N) is 1. The zero-order valence-corrected chi connectivity index (χ0v) is 18.1. The zero-order chi connectivity index (χ0) is 22.0. The van der Waals surface area contributed by atoms with Gasteiger partial charge in [-0.05, 0) is 49.4 Å². The Kier molecular flexibility index (Phi) is 4.31. The van der Waals surface area contributed by atoms with Gasteiger partial charge in [0.05, 0.1) is 21.2 Å². The Labute approximate surface area is 185 Å². The maximum absolute atomic E-state index is 14.8. The number of benzene rings is 2. The molecule has 6 rings (SSSR count). The van der Waals surface area contributed by atoms with Crippen molar-refractivity contribution >= 4 is 49.0 Å². The lowest BCUT2D eigenvalue weighted by atomic mass is 9.95. The number of pyridine rings is 1. The molecular formula is C23H20FN5O2S. The van der Waals surface area contributed by atoms with Crippen LogP contribution in [-0.4, -0.2) is 26.4 Å². The Balaban J connectivity index is 1.68. The SMILES string of the molecule is Cc1cc2c(-c3ccc(F)c4nn(C5CCCCO5)cc34)c(N)c(=O)[nH]c2c2scnc12. The third-order valence-electron chi connectivity index (χ3n) is 6.18. The van der Waals surface area contributed by atoms with Crippen molar-refractivity contribution in [1.29, 1.82) is 0 Å². The lowest BCUT2D eigenvalue weighted by molar-refractivity contribution is -0.0391. The van der Waals surface area contributed by atoms with Gasteiger partial charge in [-0.2, -0.15) is 5.10 Å². The summed E-state index contributed by atoms with van der Waals surface area (Å²) in [6.45, 7) is 2.64. The molecule has 1 atom stereocenters. The number of nitrogens with zero attached hydrogens (tertiary/aromatic N) is 3. The quantitative estimate of drug-likeness (QED) is 0.400. The van der Waals surface area contributed by atoms with Crippen molar-refractivity contribution in [3.8, 4) is 11.1 Å². The normalized spacial score (nSPS) is 17.0. The summed E-state index contributed by atoms with van der Waals surface area (Å²) < 4.78 is 23.2. The Morgan fingerprint density at radius 1 is 1.28 bits per heavy atom. The van der Waals surface area contributed by atoms with E-state index in [4.69, 9.17) is 10.5 Å². The van der Waals surface area contributed by atoms with Gasteiger partial charge in [0.25, 0.3) is 5.56 Å². The van der Waals surface area contributed by atoms with Gasteiger partial charge in [0, 0.05) is 29.1 Å². The number of aromatic amines is 1. The predicted octanol–water partition coefficient (Wildman–Crippen LogP) is 4.88. The van der Waals surface area contributed by atoms with Crippen molar-refractivity contribution in [1.82, 2.24) is 19.7 Å². The average molecular weight is 450 g/mol. The summed E-state index contributed by atoms with van der Waals surface area (Å²) in [5.41, 5.74) is 11.8. The van der Waals surface area contributed by atoms with Crippen molar-refractivity contribution in [3.63, 3.8) is 0 Å². The molecular weight excluding hydrogens is 429 g/mol. The van der Waals surface area contributed by atoms with E-state index in [1.54, 1.807) is 22.5 Å². The van der Waals surface area contributed by atoms with Gasteiger partial charge in [-0.25, -0.2) is 14.1 Å². The van der Waals surface area contributed by atoms with Crippen LogP contribution in [-0.2, 0) is 4.74 Å². The second-order valence-corrected chi connectivity index (χ2v) is 9.03. The molecule has 0 aliphatic carbocycles. The van der Waals surface area contributed by atoms with Crippen LogP contribution < -0.4 is 11.3 Å². The minimum absolute atomic E-state index is 0.0929. The third-order valence-corrected chi connectivity index (χ3v) is 7.03. The number of aryl methyl sites for hydroxylation is 1. The monoisotopic (exact) mass is 449 g/mol. The molecule has 9 heteroatoms. The largest absolute Gasteiger partial charge is 0.394 e. The summed E-state index contributed by atoms with van der Waals surface area (Å²) in [7, 11) is 0. The van der Waals surface area contributed by atoms with Crippen molar-refractivity contribution in [2.24, 2.45) is 0 Å². The number of halogens is 1. The maximum Gasteiger partial charge on any atom is 0.272 e. The number of rotatable bonds is 2. The van der Waals surface area contributed by atoms with Gasteiger partial charge in [-0.1, -0.05) is 6.07 Å². The molecule has 0 bridgehead atoms. The minimum Gasteiger partial charge on any atom is -0.394 e. The molecule has 0 amide bonds. The number of thiazole rings is 1. The highest BCUT2D eigenvalue weighted by molar-refractivity contribution is 7.17. The Morgan fingerprint density at radius 2 is 2.16 bits per heavy atom. The zero-order valence-electron chi connectivity index (χ0n) is 17.3. The van der Waals surface area contributed by atoms with E-state index in [0.717, 1.165) is 40.4 Å². The van der Waals surface area contributed by atoms with Crippen LogP contribution in [0.1, 0.15) is 31.1 Å². The van der Waals surface area contributed by atoms with Crippen LogP contribution in [0, 0.1) is 12.7 Å². The standard InChI is InChI=1S/C23H20FN5O2S/c1-11-8-13-17(18(25)23(30)27-21(13)22-19(11)26-10-32-22)12-5-6-15(24)20-14(12)9-29(28-20)16-4-2-3-7-31-16/h5-6,8-10,16H,2-4,7,25H2,1H3,(H,27,30). The number of ether oxygens (including phenoxy) is 1. The predicted molar refractivity (Wildman–Crippen MR) is 124 cm³/mol. The average Bonchev–Trinajstić information content (AvgIpc) is 3.46. The van der Waals surface area contributed by atoms with Crippen molar-refractivity contribution < 1.29 is 9.13 Å². The van der Waals surface area contributed by atoms with Gasteiger partial charge < -0.3 is 15.5 Å². The van der Waals surface area contributed by atoms with E-state index in [2.05, 4.69) is 15.1 Å². The molecule has 0 radical (unpaired) electrons. The highest BCUT2D eigenvalue weighted by Crippen LogP contribution is 2.40. The van der Waals surface area contributed by atoms with E-state index in [-0.39, 0.29) is 23.0 Å². The molecule has 4 heterocycles. The van der Waals surface area contributed by atoms with Gasteiger partial charge in [0.15, 0.2) is 5.82 Å². The number of aromatic nitrogens is 4. The van der Waals surface area contributed by atoms with Crippen LogP contribution in [0.15, 0.2) is 34.7 Å². The number of nitrogens with two attached hydrogens (primary N) is 1. The first-order valence-electron chi connectivity index (χ1n) is 10.5. The summed E-state index contributed by atoms with van der Waals surface area (Å²) in [4.78, 5) is 20.2. The van der Waals surface area contributed by atoms with Crippen LogP contribution in [0.3, 0.4) is 0 Å². The summed E-state index contributed by atoms with van der Waals surface area (Å²) in [6, 6.07) is 5.02. The second-order valence-electron chi connectivity index (χ2n) is 8.18. The summed E-state index contributed by atoms with van der Waals surface area (Å²) in [5.74, 6) is -0.424. The minimum atomic E-state index is -0.424. The van der Waals surface area contributed by atoms with Crippen LogP contribution in [0.5, 0.6) is 0 Å². The van der Waals surface area contributed by atoms with Crippen LogP contribution in [0.25, 0.3) is 43.1 Å². The second kappa shape index (κ2) is 7.11. The molecule has 3 N–H and O–H groups in total. The van der Waals surface area contributed by atoms with Gasteiger partial charge in [0.1, 0.15) is 17.4 Å².